The van der Waals surface area contributed by atoms with E-state index in [1.54, 1.807) is 20.8 Å². The van der Waals surface area contributed by atoms with E-state index >= 15 is 0 Å². The third kappa shape index (κ3) is 6.74. The standard InChI is InChI=1S/C19H28N2O5/c1-5-13(4)16(18(23)24)20-17(22)15(12(2)3)21-19(25)26-11-14-9-7-6-8-10-14/h6-10,12-13,15-16H,5,11H2,1-4H3,(H,20,22)(H,21,25)(H,23,24)/p-1/t13-,15-,16+/m1/s1. The van der Waals surface area contributed by atoms with Gasteiger partial charge in [-0.1, -0.05) is 64.4 Å². The fraction of sp³-hybridized carbons (Fsp3) is 0.526. The summed E-state index contributed by atoms with van der Waals surface area (Å²) in [6.45, 7) is 7.12. The number of rotatable bonds is 9. The van der Waals surface area contributed by atoms with Gasteiger partial charge in [-0.15, -0.1) is 0 Å². The average Bonchev–Trinajstić information content (AvgIpc) is 2.61. The number of carboxylic acids is 1. The van der Waals surface area contributed by atoms with Crippen molar-refractivity contribution in [3.8, 4) is 0 Å². The quantitative estimate of drug-likeness (QED) is 0.686. The second kappa shape index (κ2) is 10.4. The minimum Gasteiger partial charge on any atom is -0.548 e. The Labute approximate surface area is 154 Å². The number of carbonyl (C=O) groups is 3. The molecule has 0 saturated carbocycles. The van der Waals surface area contributed by atoms with Gasteiger partial charge in [-0.2, -0.15) is 0 Å². The van der Waals surface area contributed by atoms with Gasteiger partial charge in [0, 0.05) is 0 Å². The molecule has 0 saturated heterocycles. The van der Waals surface area contributed by atoms with Gasteiger partial charge in [-0.25, -0.2) is 4.79 Å². The van der Waals surface area contributed by atoms with Crippen molar-refractivity contribution in [3.05, 3.63) is 35.9 Å². The van der Waals surface area contributed by atoms with E-state index in [1.165, 1.54) is 0 Å². The maximum absolute atomic E-state index is 12.5. The highest BCUT2D eigenvalue weighted by molar-refractivity contribution is 5.89. The highest BCUT2D eigenvalue weighted by atomic mass is 16.5. The molecular weight excluding hydrogens is 336 g/mol. The lowest BCUT2D eigenvalue weighted by Gasteiger charge is -2.29. The van der Waals surface area contributed by atoms with Gasteiger partial charge in [0.25, 0.3) is 0 Å². The highest BCUT2D eigenvalue weighted by Crippen LogP contribution is 2.10. The van der Waals surface area contributed by atoms with E-state index in [9.17, 15) is 19.5 Å². The van der Waals surface area contributed by atoms with Crippen molar-refractivity contribution in [2.24, 2.45) is 11.8 Å². The van der Waals surface area contributed by atoms with Crippen molar-refractivity contribution in [2.75, 3.05) is 0 Å². The molecule has 2 amide bonds. The molecule has 7 nitrogen and oxygen atoms in total. The molecule has 0 aromatic heterocycles. The van der Waals surface area contributed by atoms with Crippen LogP contribution in [-0.2, 0) is 20.9 Å². The van der Waals surface area contributed by atoms with Gasteiger partial charge in [0.2, 0.25) is 5.91 Å². The molecule has 1 rings (SSSR count). The Morgan fingerprint density at radius 3 is 2.15 bits per heavy atom. The molecule has 0 aliphatic carbocycles. The second-order valence-corrected chi connectivity index (χ2v) is 6.62. The van der Waals surface area contributed by atoms with E-state index in [0.717, 1.165) is 5.56 Å². The van der Waals surface area contributed by atoms with Crippen LogP contribution >= 0.6 is 0 Å². The van der Waals surface area contributed by atoms with Crippen LogP contribution in [0, 0.1) is 11.8 Å². The number of amides is 2. The Morgan fingerprint density at radius 2 is 1.65 bits per heavy atom. The third-order valence-electron chi connectivity index (χ3n) is 4.20. The zero-order valence-corrected chi connectivity index (χ0v) is 15.7. The summed E-state index contributed by atoms with van der Waals surface area (Å²) in [5.41, 5.74) is 0.821. The summed E-state index contributed by atoms with van der Waals surface area (Å²) in [4.78, 5) is 35.7. The number of ether oxygens (including phenoxy) is 1. The minimum absolute atomic E-state index is 0.0770. The molecule has 1 aromatic carbocycles. The number of nitrogens with one attached hydrogen (secondary N) is 2. The molecule has 0 bridgehead atoms. The fourth-order valence-corrected chi connectivity index (χ4v) is 2.34. The number of benzene rings is 1. The van der Waals surface area contributed by atoms with Crippen LogP contribution in [0.2, 0.25) is 0 Å². The van der Waals surface area contributed by atoms with Crippen molar-refractivity contribution in [3.63, 3.8) is 0 Å². The molecule has 3 atom stereocenters. The Bertz CT molecular complexity index is 603. The van der Waals surface area contributed by atoms with Crippen LogP contribution in [0.3, 0.4) is 0 Å². The molecule has 2 N–H and O–H groups in total. The maximum Gasteiger partial charge on any atom is 0.408 e. The summed E-state index contributed by atoms with van der Waals surface area (Å²) in [5.74, 6) is -2.46. The predicted octanol–water partition coefficient (Wildman–Crippen LogP) is 1.22. The Kier molecular flexibility index (Phi) is 8.61. The largest absolute Gasteiger partial charge is 0.548 e. The number of alkyl carbamates (subject to hydrolysis) is 1. The minimum atomic E-state index is -1.35. The molecular formula is C19H27N2O5-. The Balaban J connectivity index is 2.67. The third-order valence-corrected chi connectivity index (χ3v) is 4.20. The number of carbonyl (C=O) groups excluding carboxylic acids is 3. The lowest BCUT2D eigenvalue weighted by atomic mass is 9.97. The first-order valence-electron chi connectivity index (χ1n) is 8.74. The van der Waals surface area contributed by atoms with Crippen LogP contribution in [0.1, 0.15) is 39.7 Å². The van der Waals surface area contributed by atoms with Gasteiger partial charge >= 0.3 is 6.09 Å². The van der Waals surface area contributed by atoms with Crippen molar-refractivity contribution in [1.82, 2.24) is 10.6 Å². The maximum atomic E-state index is 12.5. The van der Waals surface area contributed by atoms with Gasteiger partial charge in [0.05, 0.1) is 12.0 Å². The van der Waals surface area contributed by atoms with Crippen LogP contribution in [0.25, 0.3) is 0 Å². The summed E-state index contributed by atoms with van der Waals surface area (Å²) in [7, 11) is 0. The number of carboxylic acid groups (broad SMARTS) is 1. The van der Waals surface area contributed by atoms with Gasteiger partial charge in [0.15, 0.2) is 0 Å². The van der Waals surface area contributed by atoms with Crippen molar-refractivity contribution >= 4 is 18.0 Å². The zero-order chi connectivity index (χ0) is 19.7. The summed E-state index contributed by atoms with van der Waals surface area (Å²) in [6, 6.07) is 7.12. The van der Waals surface area contributed by atoms with Gasteiger partial charge in [0.1, 0.15) is 12.6 Å². The molecule has 1 aromatic rings. The van der Waals surface area contributed by atoms with E-state index in [1.807, 2.05) is 37.3 Å². The molecule has 26 heavy (non-hydrogen) atoms. The Hall–Kier alpha value is -2.57. The fourth-order valence-electron chi connectivity index (χ4n) is 2.34. The average molecular weight is 363 g/mol. The molecule has 0 aliphatic rings. The molecule has 0 spiro atoms. The van der Waals surface area contributed by atoms with Crippen molar-refractivity contribution < 1.29 is 24.2 Å². The second-order valence-electron chi connectivity index (χ2n) is 6.62. The molecule has 0 heterocycles. The molecule has 0 unspecified atom stereocenters. The first-order chi connectivity index (χ1) is 12.3. The van der Waals surface area contributed by atoms with Crippen molar-refractivity contribution in [2.45, 2.75) is 52.8 Å². The molecule has 144 valence electrons. The van der Waals surface area contributed by atoms with E-state index in [2.05, 4.69) is 10.6 Å². The van der Waals surface area contributed by atoms with Crippen LogP contribution in [-0.4, -0.2) is 30.1 Å². The Morgan fingerprint density at radius 1 is 1.04 bits per heavy atom. The SMILES string of the molecule is CC[C@@H](C)[C@H](NC(=O)[C@H](NC(=O)OCc1ccccc1)C(C)C)C(=O)[O-]. The van der Waals surface area contributed by atoms with Crippen molar-refractivity contribution in [1.29, 1.82) is 0 Å². The smallest absolute Gasteiger partial charge is 0.408 e. The van der Waals surface area contributed by atoms with Crippen LogP contribution < -0.4 is 15.7 Å². The lowest BCUT2D eigenvalue weighted by molar-refractivity contribution is -0.309. The number of hydrogen-bond donors (Lipinski definition) is 2. The summed E-state index contributed by atoms with van der Waals surface area (Å²) < 4.78 is 5.12. The molecule has 0 radical (unpaired) electrons. The summed E-state index contributed by atoms with van der Waals surface area (Å²) >= 11 is 0. The zero-order valence-electron chi connectivity index (χ0n) is 15.7. The van der Waals surface area contributed by atoms with Gasteiger partial charge in [-0.05, 0) is 17.4 Å². The van der Waals surface area contributed by atoms with E-state index in [4.69, 9.17) is 4.74 Å². The van der Waals surface area contributed by atoms with Crippen LogP contribution in [0.5, 0.6) is 0 Å². The first kappa shape index (κ1) is 21.5. The summed E-state index contributed by atoms with van der Waals surface area (Å²) in [5, 5.41) is 16.2. The van der Waals surface area contributed by atoms with E-state index < -0.39 is 30.1 Å². The lowest BCUT2D eigenvalue weighted by Crippen LogP contribution is -2.57. The molecule has 7 heteroatoms. The topological polar surface area (TPSA) is 108 Å². The van der Waals surface area contributed by atoms with Crippen LogP contribution in [0.4, 0.5) is 4.79 Å². The number of aliphatic carboxylic acids is 1. The molecule has 0 aliphatic heterocycles. The van der Waals surface area contributed by atoms with Crippen LogP contribution in [0.15, 0.2) is 30.3 Å². The predicted molar refractivity (Wildman–Crippen MR) is 94.8 cm³/mol. The van der Waals surface area contributed by atoms with E-state index in [0.29, 0.717) is 6.42 Å². The molecule has 0 fully saturated rings. The normalized spacial score (nSPS) is 14.2. The number of hydrogen-bond acceptors (Lipinski definition) is 5. The summed E-state index contributed by atoms with van der Waals surface area (Å²) in [6.07, 6.45) is -0.172. The van der Waals surface area contributed by atoms with E-state index in [-0.39, 0.29) is 18.4 Å². The van der Waals surface area contributed by atoms with Gasteiger partial charge < -0.3 is 25.3 Å². The van der Waals surface area contributed by atoms with Gasteiger partial charge in [-0.3, -0.25) is 4.79 Å². The first-order valence-corrected chi connectivity index (χ1v) is 8.74. The highest BCUT2D eigenvalue weighted by Gasteiger charge is 2.28. The monoisotopic (exact) mass is 363 g/mol.